The van der Waals surface area contributed by atoms with Crippen molar-refractivity contribution >= 4 is 15.9 Å². The van der Waals surface area contributed by atoms with E-state index in [2.05, 4.69) is 22.0 Å². The fraction of sp³-hybridized carbons (Fsp3) is 0.267. The van der Waals surface area contributed by atoms with E-state index >= 15 is 0 Å². The first-order chi connectivity index (χ1) is 9.06. The maximum atomic E-state index is 10.6. The fourth-order valence-electron chi connectivity index (χ4n) is 2.75. The Kier molecular flexibility index (Phi) is 3.07. The van der Waals surface area contributed by atoms with Gasteiger partial charge in [0.2, 0.25) is 6.20 Å². The normalized spacial score (nSPS) is 17.5. The summed E-state index contributed by atoms with van der Waals surface area (Å²) in [5, 5.41) is 20.6. The van der Waals surface area contributed by atoms with Gasteiger partial charge in [0.25, 0.3) is 5.69 Å². The Hall–Kier alpha value is -1.39. The van der Waals surface area contributed by atoms with E-state index in [0.717, 1.165) is 38.7 Å². The molecule has 1 unspecified atom stereocenters. The van der Waals surface area contributed by atoms with Gasteiger partial charge in [-0.3, -0.25) is 5.21 Å². The van der Waals surface area contributed by atoms with Crippen LogP contribution < -0.4 is 4.73 Å². The highest BCUT2D eigenvalue weighted by atomic mass is 79.9. The first-order valence-electron chi connectivity index (χ1n) is 6.27. The molecule has 1 aliphatic carbocycles. The molecule has 0 saturated heterocycles. The number of pyridine rings is 1. The molecule has 4 heteroatoms. The number of aliphatic hydroxyl groups is 1. The van der Waals surface area contributed by atoms with Crippen LogP contribution in [0, 0.1) is 6.92 Å². The molecule has 1 atom stereocenters. The number of rotatable bonds is 0. The van der Waals surface area contributed by atoms with E-state index < -0.39 is 6.10 Å². The lowest BCUT2D eigenvalue weighted by Crippen LogP contribution is -2.38. The number of fused-ring (bicyclic) bond motifs is 2. The number of aryl methyl sites for hydroxylation is 3. The highest BCUT2D eigenvalue weighted by Gasteiger charge is 2.31. The molecule has 98 valence electrons. The summed E-state index contributed by atoms with van der Waals surface area (Å²) in [7, 11) is 0. The molecular formula is C15H15BrNO2+. The van der Waals surface area contributed by atoms with Crippen LogP contribution in [0.1, 0.15) is 34.1 Å². The van der Waals surface area contributed by atoms with Crippen LogP contribution in [-0.2, 0) is 12.8 Å². The average Bonchev–Trinajstić information content (AvgIpc) is 2.47. The Morgan fingerprint density at radius 3 is 2.74 bits per heavy atom. The van der Waals surface area contributed by atoms with Crippen molar-refractivity contribution in [1.29, 1.82) is 0 Å². The predicted molar refractivity (Wildman–Crippen MR) is 74.2 cm³/mol. The number of halogens is 1. The summed E-state index contributed by atoms with van der Waals surface area (Å²) in [5.41, 5.74) is 4.76. The molecule has 1 aromatic heterocycles. The molecule has 0 fully saturated rings. The van der Waals surface area contributed by atoms with Crippen LogP contribution in [0.3, 0.4) is 0 Å². The van der Waals surface area contributed by atoms with Crippen molar-refractivity contribution in [2.75, 3.05) is 0 Å². The largest absolute Gasteiger partial charge is 0.377 e. The van der Waals surface area contributed by atoms with Crippen molar-refractivity contribution in [3.63, 3.8) is 0 Å². The van der Waals surface area contributed by atoms with Crippen molar-refractivity contribution in [2.45, 2.75) is 25.9 Å². The summed E-state index contributed by atoms with van der Waals surface area (Å²) in [6.45, 7) is 2.05. The molecule has 1 aliphatic rings. The maximum Gasteiger partial charge on any atom is 0.270 e. The van der Waals surface area contributed by atoms with Gasteiger partial charge in [0.15, 0.2) is 6.10 Å². The van der Waals surface area contributed by atoms with Gasteiger partial charge in [-0.05, 0) is 52.9 Å². The topological polar surface area (TPSA) is 44.3 Å². The van der Waals surface area contributed by atoms with Crippen LogP contribution in [0.4, 0.5) is 0 Å². The Bertz CT molecular complexity index is 655. The number of aromatic nitrogens is 1. The summed E-state index contributed by atoms with van der Waals surface area (Å²) in [6.07, 6.45) is 2.45. The van der Waals surface area contributed by atoms with Gasteiger partial charge in [0.1, 0.15) is 0 Å². The molecule has 1 heterocycles. The highest BCUT2D eigenvalue weighted by Crippen LogP contribution is 2.31. The van der Waals surface area contributed by atoms with Crippen LogP contribution in [0.2, 0.25) is 0 Å². The highest BCUT2D eigenvalue weighted by molar-refractivity contribution is 9.10. The van der Waals surface area contributed by atoms with E-state index in [4.69, 9.17) is 0 Å². The van der Waals surface area contributed by atoms with Gasteiger partial charge in [-0.25, -0.2) is 0 Å². The van der Waals surface area contributed by atoms with Gasteiger partial charge < -0.3 is 5.11 Å². The molecule has 0 aliphatic heterocycles. The van der Waals surface area contributed by atoms with E-state index in [0.29, 0.717) is 5.69 Å². The molecule has 0 radical (unpaired) electrons. The third kappa shape index (κ3) is 2.15. The molecule has 19 heavy (non-hydrogen) atoms. The van der Waals surface area contributed by atoms with Crippen LogP contribution in [0.15, 0.2) is 34.9 Å². The minimum Gasteiger partial charge on any atom is -0.377 e. The van der Waals surface area contributed by atoms with Gasteiger partial charge in [-0.2, -0.15) is 0 Å². The Labute approximate surface area is 120 Å². The van der Waals surface area contributed by atoms with E-state index in [1.807, 2.05) is 25.1 Å². The smallest absolute Gasteiger partial charge is 0.270 e. The Morgan fingerprint density at radius 1 is 1.21 bits per heavy atom. The lowest BCUT2D eigenvalue weighted by molar-refractivity contribution is -0.911. The lowest BCUT2D eigenvalue weighted by atomic mass is 9.98. The summed E-state index contributed by atoms with van der Waals surface area (Å²) in [5.74, 6) is 0. The first kappa shape index (κ1) is 12.6. The number of benzene rings is 1. The minimum absolute atomic E-state index is 0.561. The molecule has 2 N–H and O–H groups in total. The zero-order chi connectivity index (χ0) is 13.6. The van der Waals surface area contributed by atoms with Crippen LogP contribution in [0.5, 0.6) is 0 Å². The van der Waals surface area contributed by atoms with Crippen LogP contribution in [-0.4, -0.2) is 10.3 Å². The predicted octanol–water partition coefficient (Wildman–Crippen LogP) is 2.46. The molecule has 2 aromatic rings. The van der Waals surface area contributed by atoms with Gasteiger partial charge in [-0.1, -0.05) is 23.8 Å². The molecule has 3 rings (SSSR count). The van der Waals surface area contributed by atoms with Crippen molar-refractivity contribution in [1.82, 2.24) is 0 Å². The second kappa shape index (κ2) is 4.62. The number of aliphatic hydroxyl groups excluding tert-OH is 1. The van der Waals surface area contributed by atoms with Gasteiger partial charge in [0, 0.05) is 10.3 Å². The number of hydrogen-bond acceptors (Lipinski definition) is 2. The van der Waals surface area contributed by atoms with Crippen molar-refractivity contribution in [2.24, 2.45) is 0 Å². The summed E-state index contributed by atoms with van der Waals surface area (Å²) >= 11 is 3.37. The van der Waals surface area contributed by atoms with Crippen LogP contribution >= 0.6 is 15.9 Å². The average molecular weight is 321 g/mol. The molecule has 0 bridgehead atoms. The molecule has 0 saturated carbocycles. The zero-order valence-corrected chi connectivity index (χ0v) is 12.2. The second-order valence-corrected chi connectivity index (χ2v) is 5.93. The number of hydrogen-bond donors (Lipinski definition) is 2. The number of nitrogens with zero attached hydrogens (tertiary/aromatic N) is 1. The minimum atomic E-state index is -0.786. The van der Waals surface area contributed by atoms with E-state index in [9.17, 15) is 10.3 Å². The van der Waals surface area contributed by atoms with E-state index in [-0.39, 0.29) is 0 Å². The third-order valence-corrected chi connectivity index (χ3v) is 4.08. The third-order valence-electron chi connectivity index (χ3n) is 3.65. The van der Waals surface area contributed by atoms with Gasteiger partial charge in [0.05, 0.1) is 4.47 Å². The standard InChI is InChI=1S/C15H15BrNO2/c1-9-2-5-13-10(6-9)3-4-11-7-12(16)8-17(19)14(11)15(13)18/h2,5-8,15,18-19H,3-4H2,1H3/q+1. The zero-order valence-electron chi connectivity index (χ0n) is 10.6. The monoisotopic (exact) mass is 320 g/mol. The SMILES string of the molecule is Cc1ccc2c(c1)CCc1cc(Br)c[n+](O)c1C2O. The van der Waals surface area contributed by atoms with Crippen molar-refractivity contribution < 1.29 is 15.0 Å². The first-order valence-corrected chi connectivity index (χ1v) is 7.06. The molecule has 3 nitrogen and oxygen atoms in total. The second-order valence-electron chi connectivity index (χ2n) is 5.02. The molecule has 0 amide bonds. The van der Waals surface area contributed by atoms with E-state index in [1.165, 1.54) is 5.56 Å². The summed E-state index contributed by atoms with van der Waals surface area (Å²) in [4.78, 5) is 0. The quantitative estimate of drug-likeness (QED) is 0.578. The van der Waals surface area contributed by atoms with E-state index in [1.54, 1.807) is 6.20 Å². The van der Waals surface area contributed by atoms with Crippen LogP contribution in [0.25, 0.3) is 0 Å². The van der Waals surface area contributed by atoms with Gasteiger partial charge >= 0.3 is 0 Å². The molecule has 0 spiro atoms. The summed E-state index contributed by atoms with van der Waals surface area (Å²) < 4.78 is 1.84. The Morgan fingerprint density at radius 2 is 1.95 bits per heavy atom. The lowest BCUT2D eigenvalue weighted by Gasteiger charge is -2.11. The van der Waals surface area contributed by atoms with Gasteiger partial charge in [-0.15, -0.1) is 0 Å². The fourth-order valence-corrected chi connectivity index (χ4v) is 3.22. The maximum absolute atomic E-state index is 10.6. The molecular weight excluding hydrogens is 306 g/mol. The van der Waals surface area contributed by atoms with Crippen molar-refractivity contribution in [3.8, 4) is 0 Å². The Balaban J connectivity index is 2.20. The molecule has 1 aromatic carbocycles. The van der Waals surface area contributed by atoms with Crippen molar-refractivity contribution in [3.05, 3.63) is 62.9 Å². The summed E-state index contributed by atoms with van der Waals surface area (Å²) in [6, 6.07) is 8.02.